The van der Waals surface area contributed by atoms with Gasteiger partial charge in [-0.1, -0.05) is 49.2 Å². The Labute approximate surface area is 136 Å². The topological polar surface area (TPSA) is 50.8 Å². The fourth-order valence-electron chi connectivity index (χ4n) is 2.99. The lowest BCUT2D eigenvalue weighted by Crippen LogP contribution is -2.08. The molecule has 0 bridgehead atoms. The highest BCUT2D eigenvalue weighted by molar-refractivity contribution is 7.99. The largest absolute Gasteiger partial charge is 0.496 e. The molecule has 1 heterocycles. The predicted molar refractivity (Wildman–Crippen MR) is 89.5 cm³/mol. The number of nitrogens with zero attached hydrogens (tertiary/aromatic N) is 2. The highest BCUT2D eigenvalue weighted by Crippen LogP contribution is 2.29. The minimum absolute atomic E-state index is 0.699. The minimum Gasteiger partial charge on any atom is -0.496 e. The molecule has 4 nitrogen and oxygen atoms in total. The smallest absolute Gasteiger partial charge is 0.183 e. The highest BCUT2D eigenvalue weighted by Gasteiger charge is 2.15. The predicted octanol–water partition coefficient (Wildman–Crippen LogP) is 4.08. The standard InChI is InChI=1S/C17H23N3OS/c1-21-15-10-6-5-9-14(15)11-16-18-17(20-19-16)22-12-13-7-3-2-4-8-13/h5-6,9-10,13H,2-4,7-8,11-12H2,1H3,(H,18,19,20). The first kappa shape index (κ1) is 15.4. The molecule has 1 saturated carbocycles. The van der Waals surface area contributed by atoms with E-state index in [0.29, 0.717) is 6.42 Å². The number of thioether (sulfide) groups is 1. The van der Waals surface area contributed by atoms with Crippen molar-refractivity contribution in [3.8, 4) is 5.75 Å². The molecule has 22 heavy (non-hydrogen) atoms. The molecule has 1 aliphatic rings. The lowest BCUT2D eigenvalue weighted by atomic mass is 9.91. The van der Waals surface area contributed by atoms with E-state index in [2.05, 4.69) is 21.2 Å². The molecular weight excluding hydrogens is 294 g/mol. The average molecular weight is 317 g/mol. The lowest BCUT2D eigenvalue weighted by Gasteiger charge is -2.20. The van der Waals surface area contributed by atoms with Gasteiger partial charge in [-0.2, -0.15) is 5.10 Å². The molecule has 3 rings (SSSR count). The number of rotatable bonds is 6. The van der Waals surface area contributed by atoms with Gasteiger partial charge in [0.2, 0.25) is 0 Å². The third kappa shape index (κ3) is 4.03. The maximum absolute atomic E-state index is 5.38. The second-order valence-corrected chi connectivity index (χ2v) is 6.87. The van der Waals surface area contributed by atoms with E-state index in [-0.39, 0.29) is 0 Å². The van der Waals surface area contributed by atoms with Gasteiger partial charge in [-0.3, -0.25) is 5.10 Å². The van der Waals surface area contributed by atoms with Crippen LogP contribution >= 0.6 is 11.8 Å². The molecule has 1 aromatic heterocycles. The van der Waals surface area contributed by atoms with Crippen LogP contribution in [0.5, 0.6) is 5.75 Å². The van der Waals surface area contributed by atoms with Crippen molar-refractivity contribution in [3.05, 3.63) is 35.7 Å². The molecule has 0 radical (unpaired) electrons. The molecule has 0 saturated heterocycles. The minimum atomic E-state index is 0.699. The number of H-pyrrole nitrogens is 1. The van der Waals surface area contributed by atoms with Gasteiger partial charge in [-0.05, 0) is 24.8 Å². The fourth-order valence-corrected chi connectivity index (χ4v) is 4.00. The van der Waals surface area contributed by atoms with E-state index < -0.39 is 0 Å². The molecule has 2 aromatic rings. The van der Waals surface area contributed by atoms with Gasteiger partial charge in [0.05, 0.1) is 7.11 Å². The zero-order chi connectivity index (χ0) is 15.2. The third-order valence-electron chi connectivity index (χ3n) is 4.23. The van der Waals surface area contributed by atoms with Crippen molar-refractivity contribution < 1.29 is 4.74 Å². The van der Waals surface area contributed by atoms with Crippen molar-refractivity contribution in [3.63, 3.8) is 0 Å². The quantitative estimate of drug-likeness (QED) is 0.816. The zero-order valence-corrected chi connectivity index (χ0v) is 13.9. The molecule has 1 N–H and O–H groups in total. The van der Waals surface area contributed by atoms with E-state index in [4.69, 9.17) is 4.74 Å². The lowest BCUT2D eigenvalue weighted by molar-refractivity contribution is 0.391. The summed E-state index contributed by atoms with van der Waals surface area (Å²) in [4.78, 5) is 4.61. The number of nitrogens with one attached hydrogen (secondary N) is 1. The van der Waals surface area contributed by atoms with Crippen molar-refractivity contribution in [1.29, 1.82) is 0 Å². The van der Waals surface area contributed by atoms with Gasteiger partial charge in [0.25, 0.3) is 0 Å². The molecule has 0 spiro atoms. The van der Waals surface area contributed by atoms with Gasteiger partial charge in [-0.15, -0.1) is 0 Å². The summed E-state index contributed by atoms with van der Waals surface area (Å²) in [5, 5.41) is 8.34. The first-order valence-corrected chi connectivity index (χ1v) is 8.99. The Morgan fingerprint density at radius 1 is 1.23 bits per heavy atom. The van der Waals surface area contributed by atoms with Crippen LogP contribution in [0.4, 0.5) is 0 Å². The van der Waals surface area contributed by atoms with E-state index in [1.807, 2.05) is 30.0 Å². The van der Waals surface area contributed by atoms with Crippen LogP contribution in [0.3, 0.4) is 0 Å². The summed E-state index contributed by atoms with van der Waals surface area (Å²) in [6.45, 7) is 0. The molecule has 0 amide bonds. The maximum atomic E-state index is 5.38. The van der Waals surface area contributed by atoms with Crippen molar-refractivity contribution in [1.82, 2.24) is 15.2 Å². The Bertz CT molecular complexity index is 593. The summed E-state index contributed by atoms with van der Waals surface area (Å²) in [5.41, 5.74) is 1.12. The molecule has 5 heteroatoms. The first-order valence-electron chi connectivity index (χ1n) is 8.01. The second kappa shape index (κ2) is 7.68. The van der Waals surface area contributed by atoms with Crippen LogP contribution in [-0.2, 0) is 6.42 Å². The van der Waals surface area contributed by atoms with Gasteiger partial charge in [0.1, 0.15) is 5.75 Å². The Kier molecular flexibility index (Phi) is 5.38. The number of para-hydroxylation sites is 1. The number of ether oxygens (including phenoxy) is 1. The summed E-state index contributed by atoms with van der Waals surface area (Å²) in [6, 6.07) is 8.03. The van der Waals surface area contributed by atoms with Gasteiger partial charge >= 0.3 is 0 Å². The van der Waals surface area contributed by atoms with Gasteiger partial charge < -0.3 is 4.74 Å². The van der Waals surface area contributed by atoms with Gasteiger partial charge in [-0.25, -0.2) is 4.98 Å². The summed E-state index contributed by atoms with van der Waals surface area (Å²) >= 11 is 1.81. The number of hydrogen-bond acceptors (Lipinski definition) is 4. The van der Waals surface area contributed by atoms with Crippen LogP contribution in [0, 0.1) is 5.92 Å². The van der Waals surface area contributed by atoms with Crippen LogP contribution < -0.4 is 4.74 Å². The first-order chi connectivity index (χ1) is 10.8. The van der Waals surface area contributed by atoms with Crippen molar-refractivity contribution in [2.75, 3.05) is 12.9 Å². The van der Waals surface area contributed by atoms with E-state index in [1.54, 1.807) is 7.11 Å². The number of hydrogen-bond donors (Lipinski definition) is 1. The van der Waals surface area contributed by atoms with E-state index >= 15 is 0 Å². The van der Waals surface area contributed by atoms with Gasteiger partial charge in [0, 0.05) is 17.7 Å². The van der Waals surface area contributed by atoms with Crippen molar-refractivity contribution in [2.24, 2.45) is 5.92 Å². The van der Waals surface area contributed by atoms with Crippen molar-refractivity contribution >= 4 is 11.8 Å². The monoisotopic (exact) mass is 317 g/mol. The molecular formula is C17H23N3OS. The molecule has 0 atom stereocenters. The SMILES string of the molecule is COc1ccccc1Cc1n[nH]c(SCC2CCCCC2)n1. The summed E-state index contributed by atoms with van der Waals surface area (Å²) in [7, 11) is 1.70. The summed E-state index contributed by atoms with van der Waals surface area (Å²) < 4.78 is 5.38. The third-order valence-corrected chi connectivity index (χ3v) is 5.33. The van der Waals surface area contributed by atoms with E-state index in [1.165, 1.54) is 32.1 Å². The Morgan fingerprint density at radius 2 is 2.05 bits per heavy atom. The Morgan fingerprint density at radius 3 is 2.86 bits per heavy atom. The van der Waals surface area contributed by atoms with Crippen molar-refractivity contribution in [2.45, 2.75) is 43.7 Å². The molecule has 0 aliphatic heterocycles. The van der Waals surface area contributed by atoms with Crippen LogP contribution in [0.15, 0.2) is 29.4 Å². The van der Waals surface area contributed by atoms with Crippen LogP contribution in [0.1, 0.15) is 43.5 Å². The highest BCUT2D eigenvalue weighted by atomic mass is 32.2. The maximum Gasteiger partial charge on any atom is 0.183 e. The summed E-state index contributed by atoms with van der Waals surface area (Å²) in [5.74, 6) is 3.73. The van der Waals surface area contributed by atoms with E-state index in [9.17, 15) is 0 Å². The number of methoxy groups -OCH3 is 1. The molecule has 0 unspecified atom stereocenters. The molecule has 1 aromatic carbocycles. The second-order valence-electron chi connectivity index (χ2n) is 5.86. The Hall–Kier alpha value is -1.49. The Balaban J connectivity index is 1.56. The zero-order valence-electron chi connectivity index (χ0n) is 13.0. The van der Waals surface area contributed by atoms with Crippen LogP contribution in [0.2, 0.25) is 0 Å². The fraction of sp³-hybridized carbons (Fsp3) is 0.529. The van der Waals surface area contributed by atoms with Crippen LogP contribution in [0.25, 0.3) is 0 Å². The molecule has 1 aliphatic carbocycles. The van der Waals surface area contributed by atoms with Crippen LogP contribution in [-0.4, -0.2) is 28.0 Å². The number of aromatic amines is 1. The van der Waals surface area contributed by atoms with Gasteiger partial charge in [0.15, 0.2) is 11.0 Å². The van der Waals surface area contributed by atoms with E-state index in [0.717, 1.165) is 34.0 Å². The average Bonchev–Trinajstić information content (AvgIpc) is 3.02. The number of benzene rings is 1. The molecule has 118 valence electrons. The molecule has 1 fully saturated rings. The number of aromatic nitrogens is 3. The normalized spacial score (nSPS) is 15.9. The summed E-state index contributed by atoms with van der Waals surface area (Å²) in [6.07, 6.45) is 7.63.